The van der Waals surface area contributed by atoms with Gasteiger partial charge in [0, 0.05) is 23.3 Å². The summed E-state index contributed by atoms with van der Waals surface area (Å²) in [5.74, 6) is -0.307. The normalized spacial score (nSPS) is 10.7. The summed E-state index contributed by atoms with van der Waals surface area (Å²) in [6.45, 7) is 0.467. The Labute approximate surface area is 120 Å². The molecule has 0 spiro atoms. The Hall–Kier alpha value is -2.31. The van der Waals surface area contributed by atoms with E-state index in [1.54, 1.807) is 12.1 Å². The van der Waals surface area contributed by atoms with E-state index in [-0.39, 0.29) is 5.82 Å². The number of benzene rings is 2. The number of nitrogens with zero attached hydrogens (tertiary/aromatic N) is 2. The zero-order valence-electron chi connectivity index (χ0n) is 10.5. The van der Waals surface area contributed by atoms with Crippen LogP contribution >= 0.6 is 11.6 Å². The first-order chi connectivity index (χ1) is 9.67. The van der Waals surface area contributed by atoms with Gasteiger partial charge in [-0.15, -0.1) is 0 Å². The van der Waals surface area contributed by atoms with Crippen molar-refractivity contribution in [3.05, 3.63) is 70.6 Å². The fraction of sp³-hybridized carbons (Fsp3) is 0.0625. The minimum Gasteiger partial charge on any atom is -0.343 e. The summed E-state index contributed by atoms with van der Waals surface area (Å²) in [5.41, 5.74) is 2.25. The van der Waals surface area contributed by atoms with Crippen LogP contribution in [-0.2, 0) is 6.54 Å². The molecule has 0 aliphatic heterocycles. The highest BCUT2D eigenvalue weighted by Crippen LogP contribution is 2.22. The van der Waals surface area contributed by atoms with E-state index in [2.05, 4.69) is 6.07 Å². The predicted molar refractivity (Wildman–Crippen MR) is 77.2 cm³/mol. The van der Waals surface area contributed by atoms with Crippen LogP contribution in [0.25, 0.3) is 10.9 Å². The standard InChI is InChI=1S/C16H10ClFN2/c17-15-4-3-14(18)8-13(15)10-20-6-5-12-2-1-11(9-19)7-16(12)20/h1-8H,10H2. The maximum Gasteiger partial charge on any atom is 0.123 e. The number of halogens is 2. The van der Waals surface area contributed by atoms with Crippen LogP contribution in [0, 0.1) is 17.1 Å². The van der Waals surface area contributed by atoms with Crippen LogP contribution in [0.2, 0.25) is 5.02 Å². The van der Waals surface area contributed by atoms with E-state index in [1.165, 1.54) is 12.1 Å². The lowest BCUT2D eigenvalue weighted by Gasteiger charge is -2.08. The summed E-state index contributed by atoms with van der Waals surface area (Å²) in [5, 5.41) is 10.5. The van der Waals surface area contributed by atoms with Gasteiger partial charge in [0.2, 0.25) is 0 Å². The molecular weight excluding hydrogens is 275 g/mol. The van der Waals surface area contributed by atoms with Crippen molar-refractivity contribution >= 4 is 22.5 Å². The molecule has 0 aliphatic rings. The van der Waals surface area contributed by atoms with Gasteiger partial charge in [-0.05, 0) is 47.3 Å². The number of fused-ring (bicyclic) bond motifs is 1. The minimum atomic E-state index is -0.307. The molecule has 0 aliphatic carbocycles. The molecule has 0 saturated carbocycles. The van der Waals surface area contributed by atoms with Gasteiger partial charge in [-0.2, -0.15) is 5.26 Å². The van der Waals surface area contributed by atoms with Crippen LogP contribution in [0.4, 0.5) is 4.39 Å². The minimum absolute atomic E-state index is 0.307. The summed E-state index contributed by atoms with van der Waals surface area (Å²) < 4.78 is 15.3. The van der Waals surface area contributed by atoms with Gasteiger partial charge in [0.25, 0.3) is 0 Å². The third-order valence-corrected chi connectivity index (χ3v) is 3.62. The van der Waals surface area contributed by atoms with E-state index in [1.807, 2.05) is 29.0 Å². The second-order valence-electron chi connectivity index (χ2n) is 4.56. The van der Waals surface area contributed by atoms with Crippen molar-refractivity contribution in [3.63, 3.8) is 0 Å². The fourth-order valence-electron chi connectivity index (χ4n) is 2.24. The second-order valence-corrected chi connectivity index (χ2v) is 4.97. The van der Waals surface area contributed by atoms with Crippen molar-refractivity contribution in [2.75, 3.05) is 0 Å². The molecule has 4 heteroatoms. The average Bonchev–Trinajstić information content (AvgIpc) is 2.85. The molecule has 0 saturated heterocycles. The van der Waals surface area contributed by atoms with Crippen LogP contribution in [0.3, 0.4) is 0 Å². The molecule has 0 bridgehead atoms. The SMILES string of the molecule is N#Cc1ccc2ccn(Cc3cc(F)ccc3Cl)c2c1. The second kappa shape index (κ2) is 4.99. The van der Waals surface area contributed by atoms with E-state index < -0.39 is 0 Å². The van der Waals surface area contributed by atoms with Crippen LogP contribution in [-0.4, -0.2) is 4.57 Å². The molecule has 0 amide bonds. The highest BCUT2D eigenvalue weighted by atomic mass is 35.5. The largest absolute Gasteiger partial charge is 0.343 e. The van der Waals surface area contributed by atoms with E-state index >= 15 is 0 Å². The highest BCUT2D eigenvalue weighted by molar-refractivity contribution is 6.31. The molecule has 3 rings (SSSR count). The number of aromatic nitrogens is 1. The van der Waals surface area contributed by atoms with Crippen molar-refractivity contribution < 1.29 is 4.39 Å². The Morgan fingerprint density at radius 3 is 2.80 bits per heavy atom. The molecule has 0 radical (unpaired) electrons. The highest BCUT2D eigenvalue weighted by Gasteiger charge is 2.07. The Morgan fingerprint density at radius 1 is 1.15 bits per heavy atom. The molecule has 1 heterocycles. The Morgan fingerprint density at radius 2 is 2.00 bits per heavy atom. The van der Waals surface area contributed by atoms with Gasteiger partial charge in [-0.3, -0.25) is 0 Å². The maximum absolute atomic E-state index is 13.3. The van der Waals surface area contributed by atoms with Crippen LogP contribution in [0.1, 0.15) is 11.1 Å². The first kappa shape index (κ1) is 12.7. The first-order valence-electron chi connectivity index (χ1n) is 6.10. The molecule has 0 N–H and O–H groups in total. The molecule has 20 heavy (non-hydrogen) atoms. The molecular formula is C16H10ClFN2. The number of nitriles is 1. The lowest BCUT2D eigenvalue weighted by atomic mass is 10.2. The van der Waals surface area contributed by atoms with E-state index in [4.69, 9.17) is 16.9 Å². The van der Waals surface area contributed by atoms with Gasteiger partial charge < -0.3 is 4.57 Å². The molecule has 0 atom stereocenters. The van der Waals surface area contributed by atoms with Gasteiger partial charge in [-0.25, -0.2) is 4.39 Å². The van der Waals surface area contributed by atoms with E-state index in [0.29, 0.717) is 22.7 Å². The zero-order valence-corrected chi connectivity index (χ0v) is 11.2. The van der Waals surface area contributed by atoms with Gasteiger partial charge >= 0.3 is 0 Å². The summed E-state index contributed by atoms with van der Waals surface area (Å²) in [6, 6.07) is 13.9. The van der Waals surface area contributed by atoms with Crippen LogP contribution in [0.5, 0.6) is 0 Å². The lowest BCUT2D eigenvalue weighted by Crippen LogP contribution is -1.99. The molecule has 2 nitrogen and oxygen atoms in total. The average molecular weight is 285 g/mol. The third-order valence-electron chi connectivity index (χ3n) is 3.25. The van der Waals surface area contributed by atoms with Crippen molar-refractivity contribution in [1.82, 2.24) is 4.57 Å². The molecule has 0 unspecified atom stereocenters. The molecule has 98 valence electrons. The van der Waals surface area contributed by atoms with Crippen molar-refractivity contribution in [1.29, 1.82) is 5.26 Å². The Balaban J connectivity index is 2.07. The topological polar surface area (TPSA) is 28.7 Å². The monoisotopic (exact) mass is 284 g/mol. The Bertz CT molecular complexity index is 830. The lowest BCUT2D eigenvalue weighted by molar-refractivity contribution is 0.624. The molecule has 0 fully saturated rings. The van der Waals surface area contributed by atoms with Gasteiger partial charge in [-0.1, -0.05) is 17.7 Å². The number of rotatable bonds is 2. The predicted octanol–water partition coefficient (Wildman–Crippen LogP) is 4.35. The first-order valence-corrected chi connectivity index (χ1v) is 6.48. The van der Waals surface area contributed by atoms with Crippen LogP contribution < -0.4 is 0 Å². The molecule has 2 aromatic carbocycles. The molecule has 1 aromatic heterocycles. The zero-order chi connectivity index (χ0) is 14.1. The van der Waals surface area contributed by atoms with Crippen LogP contribution in [0.15, 0.2) is 48.7 Å². The summed E-state index contributed by atoms with van der Waals surface area (Å²) in [7, 11) is 0. The fourth-order valence-corrected chi connectivity index (χ4v) is 2.42. The van der Waals surface area contributed by atoms with E-state index in [9.17, 15) is 4.39 Å². The van der Waals surface area contributed by atoms with Crippen molar-refractivity contribution in [2.45, 2.75) is 6.54 Å². The van der Waals surface area contributed by atoms with Gasteiger partial charge in [0.15, 0.2) is 0 Å². The molecule has 3 aromatic rings. The Kier molecular flexibility index (Phi) is 3.17. The quantitative estimate of drug-likeness (QED) is 0.687. The van der Waals surface area contributed by atoms with Gasteiger partial charge in [0.05, 0.1) is 11.6 Å². The summed E-state index contributed by atoms with van der Waals surface area (Å²) >= 11 is 6.09. The summed E-state index contributed by atoms with van der Waals surface area (Å²) in [6.07, 6.45) is 1.91. The van der Waals surface area contributed by atoms with Gasteiger partial charge in [0.1, 0.15) is 5.82 Å². The maximum atomic E-state index is 13.3. The number of hydrogen-bond donors (Lipinski definition) is 0. The smallest absolute Gasteiger partial charge is 0.123 e. The van der Waals surface area contributed by atoms with Crippen molar-refractivity contribution in [3.8, 4) is 6.07 Å². The van der Waals surface area contributed by atoms with E-state index in [0.717, 1.165) is 10.9 Å². The third kappa shape index (κ3) is 2.26. The summed E-state index contributed by atoms with van der Waals surface area (Å²) in [4.78, 5) is 0. The number of hydrogen-bond acceptors (Lipinski definition) is 1. The van der Waals surface area contributed by atoms with Crippen molar-refractivity contribution in [2.24, 2.45) is 0 Å².